The number of halogens is 2. The molecule has 1 heterocycles. The number of aromatic nitrogens is 2. The molecule has 1 rings (SSSR count). The number of alkyl halides is 1. The third-order valence-electron chi connectivity index (χ3n) is 3.10. The van der Waals surface area contributed by atoms with Crippen LogP contribution in [0.15, 0.2) is 0 Å². The molecule has 16 heavy (non-hydrogen) atoms. The van der Waals surface area contributed by atoms with E-state index < -0.39 is 0 Å². The van der Waals surface area contributed by atoms with Gasteiger partial charge in [-0.2, -0.15) is 5.10 Å². The molecule has 1 aromatic rings. The van der Waals surface area contributed by atoms with E-state index in [0.29, 0.717) is 17.7 Å². The quantitative estimate of drug-likeness (QED) is 0.741. The van der Waals surface area contributed by atoms with Crippen molar-refractivity contribution in [1.82, 2.24) is 9.78 Å². The van der Waals surface area contributed by atoms with Crippen LogP contribution in [-0.2, 0) is 19.9 Å². The Morgan fingerprint density at radius 1 is 1.38 bits per heavy atom. The second-order valence-electron chi connectivity index (χ2n) is 4.55. The lowest BCUT2D eigenvalue weighted by molar-refractivity contribution is 0.412. The maximum atomic E-state index is 6.31. The molecule has 0 aliphatic heterocycles. The van der Waals surface area contributed by atoms with E-state index in [4.69, 9.17) is 23.2 Å². The first-order valence-electron chi connectivity index (χ1n) is 5.77. The maximum Gasteiger partial charge on any atom is 0.0849 e. The van der Waals surface area contributed by atoms with Crippen LogP contribution in [0.1, 0.15) is 32.2 Å². The molecule has 0 amide bonds. The summed E-state index contributed by atoms with van der Waals surface area (Å²) in [6, 6.07) is 0. The molecule has 1 atom stereocenters. The van der Waals surface area contributed by atoms with Gasteiger partial charge in [0.15, 0.2) is 0 Å². The molecule has 4 heteroatoms. The normalized spacial score (nSPS) is 13.4. The summed E-state index contributed by atoms with van der Waals surface area (Å²) in [6.07, 6.45) is 1.78. The van der Waals surface area contributed by atoms with Crippen molar-refractivity contribution in [2.75, 3.05) is 5.88 Å². The van der Waals surface area contributed by atoms with Crippen LogP contribution in [0.2, 0.25) is 5.02 Å². The van der Waals surface area contributed by atoms with Crippen molar-refractivity contribution in [2.45, 2.75) is 33.6 Å². The molecule has 1 aromatic heterocycles. The molecule has 0 aromatic carbocycles. The van der Waals surface area contributed by atoms with E-state index in [-0.39, 0.29) is 0 Å². The smallest absolute Gasteiger partial charge is 0.0849 e. The van der Waals surface area contributed by atoms with Gasteiger partial charge in [0.25, 0.3) is 0 Å². The Morgan fingerprint density at radius 3 is 2.38 bits per heavy atom. The Bertz CT molecular complexity index is 345. The number of hydrogen-bond donors (Lipinski definition) is 0. The van der Waals surface area contributed by atoms with Crippen LogP contribution < -0.4 is 0 Å². The van der Waals surface area contributed by atoms with Gasteiger partial charge in [0.1, 0.15) is 0 Å². The predicted octanol–water partition coefficient (Wildman–Crippen LogP) is 3.69. The second-order valence-corrected chi connectivity index (χ2v) is 5.23. The van der Waals surface area contributed by atoms with E-state index >= 15 is 0 Å². The maximum absolute atomic E-state index is 6.31. The lowest BCUT2D eigenvalue weighted by Crippen LogP contribution is -2.16. The first-order chi connectivity index (χ1) is 7.51. The molecule has 0 saturated carbocycles. The Labute approximate surface area is 108 Å². The lowest BCUT2D eigenvalue weighted by Gasteiger charge is -2.18. The highest BCUT2D eigenvalue weighted by atomic mass is 35.5. The molecule has 0 fully saturated rings. The summed E-state index contributed by atoms with van der Waals surface area (Å²) in [5.74, 6) is 1.69. The molecule has 0 saturated heterocycles. The number of hydrogen-bond acceptors (Lipinski definition) is 1. The van der Waals surface area contributed by atoms with Gasteiger partial charge in [-0.25, -0.2) is 0 Å². The third-order valence-corrected chi connectivity index (χ3v) is 3.93. The monoisotopic (exact) mass is 262 g/mol. The van der Waals surface area contributed by atoms with Gasteiger partial charge in [-0.05, 0) is 24.7 Å². The average molecular weight is 263 g/mol. The van der Waals surface area contributed by atoms with Gasteiger partial charge in [-0.3, -0.25) is 4.68 Å². The minimum absolute atomic E-state index is 0.458. The molecule has 0 spiro atoms. The Morgan fingerprint density at radius 2 is 2.00 bits per heavy atom. The van der Waals surface area contributed by atoms with E-state index in [9.17, 15) is 0 Å². The van der Waals surface area contributed by atoms with E-state index in [1.54, 1.807) is 0 Å². The lowest BCUT2D eigenvalue weighted by atomic mass is 9.93. The van der Waals surface area contributed by atoms with Crippen molar-refractivity contribution < 1.29 is 0 Å². The SMILES string of the molecule is CCc1nn(C)c(CC(CCl)C(C)C)c1Cl. The Kier molecular flexibility index (Phi) is 5.13. The zero-order chi connectivity index (χ0) is 12.3. The topological polar surface area (TPSA) is 17.8 Å². The van der Waals surface area contributed by atoms with Crippen LogP contribution in [-0.4, -0.2) is 15.7 Å². The number of nitrogens with zero attached hydrogens (tertiary/aromatic N) is 2. The number of rotatable bonds is 5. The standard InChI is InChI=1S/C12H20Cl2N2/c1-5-10-12(14)11(16(4)15-10)6-9(7-13)8(2)3/h8-9H,5-7H2,1-4H3. The summed E-state index contributed by atoms with van der Waals surface area (Å²) >= 11 is 12.3. The van der Waals surface area contributed by atoms with Crippen LogP contribution in [0.4, 0.5) is 0 Å². The fourth-order valence-electron chi connectivity index (χ4n) is 1.76. The van der Waals surface area contributed by atoms with Crippen molar-refractivity contribution in [1.29, 1.82) is 0 Å². The van der Waals surface area contributed by atoms with Gasteiger partial charge in [-0.1, -0.05) is 32.4 Å². The molecule has 0 N–H and O–H groups in total. The molecular formula is C12H20Cl2N2. The van der Waals surface area contributed by atoms with Gasteiger partial charge < -0.3 is 0 Å². The molecular weight excluding hydrogens is 243 g/mol. The van der Waals surface area contributed by atoms with Gasteiger partial charge in [0.05, 0.1) is 16.4 Å². The third kappa shape index (κ3) is 2.92. The fraction of sp³-hybridized carbons (Fsp3) is 0.750. The molecule has 0 radical (unpaired) electrons. The fourth-order valence-corrected chi connectivity index (χ4v) is 2.59. The molecule has 0 aliphatic carbocycles. The molecule has 92 valence electrons. The van der Waals surface area contributed by atoms with Crippen molar-refractivity contribution in [3.05, 3.63) is 16.4 Å². The van der Waals surface area contributed by atoms with Crippen LogP contribution in [0.3, 0.4) is 0 Å². The van der Waals surface area contributed by atoms with E-state index in [2.05, 4.69) is 25.9 Å². The van der Waals surface area contributed by atoms with Gasteiger partial charge >= 0.3 is 0 Å². The van der Waals surface area contributed by atoms with Crippen LogP contribution in [0.25, 0.3) is 0 Å². The minimum Gasteiger partial charge on any atom is -0.271 e. The summed E-state index contributed by atoms with van der Waals surface area (Å²) in [5.41, 5.74) is 2.09. The van der Waals surface area contributed by atoms with Crippen LogP contribution >= 0.6 is 23.2 Å². The molecule has 0 aliphatic rings. The van der Waals surface area contributed by atoms with Crippen LogP contribution in [0.5, 0.6) is 0 Å². The van der Waals surface area contributed by atoms with Crippen LogP contribution in [0, 0.1) is 11.8 Å². The van der Waals surface area contributed by atoms with Gasteiger partial charge in [0.2, 0.25) is 0 Å². The zero-order valence-corrected chi connectivity index (χ0v) is 11.9. The highest BCUT2D eigenvalue weighted by Crippen LogP contribution is 2.26. The van der Waals surface area contributed by atoms with Crippen molar-refractivity contribution >= 4 is 23.2 Å². The van der Waals surface area contributed by atoms with E-state index in [1.807, 2.05) is 11.7 Å². The summed E-state index contributed by atoms with van der Waals surface area (Å²) in [5, 5.41) is 5.24. The molecule has 2 nitrogen and oxygen atoms in total. The van der Waals surface area contributed by atoms with Crippen molar-refractivity contribution in [3.8, 4) is 0 Å². The van der Waals surface area contributed by atoms with Crippen molar-refractivity contribution in [2.24, 2.45) is 18.9 Å². The largest absolute Gasteiger partial charge is 0.271 e. The summed E-state index contributed by atoms with van der Waals surface area (Å²) in [6.45, 7) is 6.45. The minimum atomic E-state index is 0.458. The Balaban J connectivity index is 2.91. The summed E-state index contributed by atoms with van der Waals surface area (Å²) < 4.78 is 1.89. The zero-order valence-electron chi connectivity index (χ0n) is 10.4. The highest BCUT2D eigenvalue weighted by molar-refractivity contribution is 6.31. The predicted molar refractivity (Wildman–Crippen MR) is 70.3 cm³/mol. The molecule has 0 bridgehead atoms. The first kappa shape index (κ1) is 13.9. The second kappa shape index (κ2) is 5.92. The van der Waals surface area contributed by atoms with Gasteiger partial charge in [-0.15, -0.1) is 11.6 Å². The highest BCUT2D eigenvalue weighted by Gasteiger charge is 2.19. The van der Waals surface area contributed by atoms with E-state index in [1.165, 1.54) is 0 Å². The summed E-state index contributed by atoms with van der Waals surface area (Å²) in [4.78, 5) is 0. The number of aryl methyl sites for hydroxylation is 2. The average Bonchev–Trinajstić information content (AvgIpc) is 2.51. The molecule has 1 unspecified atom stereocenters. The Hall–Kier alpha value is -0.210. The van der Waals surface area contributed by atoms with Gasteiger partial charge in [0, 0.05) is 12.9 Å². The first-order valence-corrected chi connectivity index (χ1v) is 6.68. The van der Waals surface area contributed by atoms with E-state index in [0.717, 1.165) is 29.3 Å². The van der Waals surface area contributed by atoms with Crippen molar-refractivity contribution in [3.63, 3.8) is 0 Å². The summed E-state index contributed by atoms with van der Waals surface area (Å²) in [7, 11) is 1.95.